The van der Waals surface area contributed by atoms with Crippen LogP contribution in [0.2, 0.25) is 0 Å². The van der Waals surface area contributed by atoms with E-state index < -0.39 is 12.1 Å². The Morgan fingerprint density at radius 1 is 0.917 bits per heavy atom. The predicted molar refractivity (Wildman–Crippen MR) is 139 cm³/mol. The van der Waals surface area contributed by atoms with Crippen LogP contribution in [0.15, 0.2) is 72.9 Å². The molecule has 0 bridgehead atoms. The quantitative estimate of drug-likeness (QED) is 0.383. The number of carbonyl (C=O) groups is 2. The van der Waals surface area contributed by atoms with Gasteiger partial charge >= 0.3 is 0 Å². The van der Waals surface area contributed by atoms with Gasteiger partial charge in [-0.05, 0) is 62.2 Å². The highest BCUT2D eigenvalue weighted by Crippen LogP contribution is 2.13. The van der Waals surface area contributed by atoms with Gasteiger partial charge in [0, 0.05) is 25.2 Å². The van der Waals surface area contributed by atoms with Crippen LogP contribution in [0.5, 0.6) is 0 Å². The lowest BCUT2D eigenvalue weighted by Crippen LogP contribution is -2.55. The molecule has 8 heteroatoms. The van der Waals surface area contributed by atoms with Gasteiger partial charge in [0.05, 0.1) is 6.04 Å². The average Bonchev–Trinajstić information content (AvgIpc) is 2.87. The molecule has 3 aromatic rings. The number of halogens is 1. The highest BCUT2D eigenvalue weighted by molar-refractivity contribution is 5.90. The molecule has 0 aliphatic heterocycles. The van der Waals surface area contributed by atoms with Crippen molar-refractivity contribution in [1.29, 1.82) is 0 Å². The molecule has 3 rings (SSSR count). The standard InChI is InChI=1S/C28H34FN5O2/c1-19(2)34(3)25(16-20-7-5-4-6-8-20)28(36)33-24(15-21-9-12-23(29)13-10-21)27(35)32-18-22-11-14-26(30)31-17-22/h4-14,17,19,24-25H,15-16,18H2,1-3H3,(H2,30,31)(H,32,35)(H,33,36)/t24-,25-/m0/s1. The Morgan fingerprint density at radius 3 is 2.17 bits per heavy atom. The number of likely N-dealkylation sites (N-methyl/N-ethyl adjacent to an activating group) is 1. The summed E-state index contributed by atoms with van der Waals surface area (Å²) in [6, 6.07) is 18.0. The number of hydrogen-bond acceptors (Lipinski definition) is 5. The number of nitrogens with zero attached hydrogens (tertiary/aromatic N) is 2. The van der Waals surface area contributed by atoms with Crippen LogP contribution in [0.25, 0.3) is 0 Å². The Hall–Kier alpha value is -3.78. The van der Waals surface area contributed by atoms with Gasteiger partial charge in [0.25, 0.3) is 0 Å². The average molecular weight is 492 g/mol. The second-order valence-corrected chi connectivity index (χ2v) is 9.17. The molecule has 4 N–H and O–H groups in total. The van der Waals surface area contributed by atoms with Gasteiger partial charge in [0.2, 0.25) is 11.8 Å². The van der Waals surface area contributed by atoms with E-state index in [-0.39, 0.29) is 36.6 Å². The number of rotatable bonds is 11. The molecule has 1 aromatic heterocycles. The van der Waals surface area contributed by atoms with E-state index in [2.05, 4.69) is 15.6 Å². The summed E-state index contributed by atoms with van der Waals surface area (Å²) in [5.74, 6) is -0.548. The van der Waals surface area contributed by atoms with E-state index >= 15 is 0 Å². The van der Waals surface area contributed by atoms with Gasteiger partial charge in [0.1, 0.15) is 17.7 Å². The Kier molecular flexibility index (Phi) is 9.53. The van der Waals surface area contributed by atoms with Crippen LogP contribution < -0.4 is 16.4 Å². The van der Waals surface area contributed by atoms with Crippen LogP contribution in [0, 0.1) is 5.82 Å². The maximum absolute atomic E-state index is 13.5. The normalized spacial score (nSPS) is 12.8. The maximum atomic E-state index is 13.5. The Balaban J connectivity index is 1.78. The molecule has 0 radical (unpaired) electrons. The molecule has 36 heavy (non-hydrogen) atoms. The van der Waals surface area contributed by atoms with E-state index in [1.54, 1.807) is 30.5 Å². The van der Waals surface area contributed by atoms with Gasteiger partial charge < -0.3 is 16.4 Å². The summed E-state index contributed by atoms with van der Waals surface area (Å²) in [5.41, 5.74) is 8.18. The molecule has 0 aliphatic rings. The van der Waals surface area contributed by atoms with Crippen molar-refractivity contribution in [2.24, 2.45) is 0 Å². The third-order valence-corrected chi connectivity index (χ3v) is 6.18. The number of benzene rings is 2. The summed E-state index contributed by atoms with van der Waals surface area (Å²) in [6.07, 6.45) is 2.32. The molecule has 190 valence electrons. The van der Waals surface area contributed by atoms with Crippen LogP contribution in [0.3, 0.4) is 0 Å². The first-order valence-electron chi connectivity index (χ1n) is 12.0. The number of nitrogen functional groups attached to an aromatic ring is 1. The van der Waals surface area contributed by atoms with Crippen molar-refractivity contribution >= 4 is 17.6 Å². The maximum Gasteiger partial charge on any atom is 0.243 e. The van der Waals surface area contributed by atoms with E-state index in [1.165, 1.54) is 12.1 Å². The highest BCUT2D eigenvalue weighted by Gasteiger charge is 2.29. The SMILES string of the molecule is CC(C)N(C)[C@@H](Cc1ccccc1)C(=O)N[C@@H](Cc1ccc(F)cc1)C(=O)NCc1ccc(N)nc1. The number of amides is 2. The zero-order valence-corrected chi connectivity index (χ0v) is 20.9. The second kappa shape index (κ2) is 12.8. The van der Waals surface area contributed by atoms with E-state index in [4.69, 9.17) is 5.73 Å². The Labute approximate surface area is 211 Å². The molecular formula is C28H34FN5O2. The smallest absolute Gasteiger partial charge is 0.243 e. The minimum atomic E-state index is -0.844. The number of pyridine rings is 1. The number of anilines is 1. The first-order chi connectivity index (χ1) is 17.2. The molecular weight excluding hydrogens is 457 g/mol. The first kappa shape index (κ1) is 26.8. The summed E-state index contributed by atoms with van der Waals surface area (Å²) in [5, 5.41) is 5.83. The van der Waals surface area contributed by atoms with Crippen molar-refractivity contribution in [3.05, 3.63) is 95.4 Å². The van der Waals surface area contributed by atoms with Crippen LogP contribution in [-0.4, -0.2) is 46.9 Å². The molecule has 0 fully saturated rings. The van der Waals surface area contributed by atoms with Gasteiger partial charge in [0.15, 0.2) is 0 Å². The van der Waals surface area contributed by atoms with E-state index in [9.17, 15) is 14.0 Å². The molecule has 0 spiro atoms. The summed E-state index contributed by atoms with van der Waals surface area (Å²) in [6.45, 7) is 4.28. The lowest BCUT2D eigenvalue weighted by molar-refractivity contribution is -0.132. The molecule has 1 heterocycles. The molecule has 2 aromatic carbocycles. The zero-order valence-electron chi connectivity index (χ0n) is 20.9. The topological polar surface area (TPSA) is 100 Å². The van der Waals surface area contributed by atoms with E-state index in [0.717, 1.165) is 16.7 Å². The Morgan fingerprint density at radius 2 is 1.56 bits per heavy atom. The van der Waals surface area contributed by atoms with Gasteiger partial charge in [-0.3, -0.25) is 14.5 Å². The number of nitrogens with two attached hydrogens (primary N) is 1. The van der Waals surface area contributed by atoms with E-state index in [0.29, 0.717) is 12.2 Å². The van der Waals surface area contributed by atoms with Crippen molar-refractivity contribution in [3.63, 3.8) is 0 Å². The van der Waals surface area contributed by atoms with Crippen molar-refractivity contribution in [2.75, 3.05) is 12.8 Å². The number of carbonyl (C=O) groups excluding carboxylic acids is 2. The highest BCUT2D eigenvalue weighted by atomic mass is 19.1. The lowest BCUT2D eigenvalue weighted by Gasteiger charge is -2.32. The van der Waals surface area contributed by atoms with Crippen molar-refractivity contribution in [3.8, 4) is 0 Å². The number of hydrogen-bond donors (Lipinski definition) is 3. The van der Waals surface area contributed by atoms with Crippen molar-refractivity contribution in [1.82, 2.24) is 20.5 Å². The van der Waals surface area contributed by atoms with Gasteiger partial charge in [-0.25, -0.2) is 9.37 Å². The van der Waals surface area contributed by atoms with Gasteiger partial charge in [-0.15, -0.1) is 0 Å². The number of nitrogens with one attached hydrogen (secondary N) is 2. The van der Waals surface area contributed by atoms with Crippen LogP contribution in [0.1, 0.15) is 30.5 Å². The van der Waals surface area contributed by atoms with E-state index in [1.807, 2.05) is 56.1 Å². The van der Waals surface area contributed by atoms with Crippen molar-refractivity contribution in [2.45, 2.75) is 51.4 Å². The van der Waals surface area contributed by atoms with Gasteiger partial charge in [-0.1, -0.05) is 48.5 Å². The first-order valence-corrected chi connectivity index (χ1v) is 12.0. The fourth-order valence-corrected chi connectivity index (χ4v) is 3.81. The fraction of sp³-hybridized carbons (Fsp3) is 0.321. The van der Waals surface area contributed by atoms with Crippen LogP contribution in [-0.2, 0) is 29.0 Å². The third-order valence-electron chi connectivity index (χ3n) is 6.18. The molecule has 0 saturated heterocycles. The molecule has 2 atom stereocenters. The molecule has 0 saturated carbocycles. The molecule has 2 amide bonds. The summed E-state index contributed by atoms with van der Waals surface area (Å²) < 4.78 is 13.4. The molecule has 7 nitrogen and oxygen atoms in total. The summed E-state index contributed by atoms with van der Waals surface area (Å²) in [7, 11) is 1.90. The summed E-state index contributed by atoms with van der Waals surface area (Å²) in [4.78, 5) is 32.8. The van der Waals surface area contributed by atoms with Crippen LogP contribution in [0.4, 0.5) is 10.2 Å². The van der Waals surface area contributed by atoms with Crippen molar-refractivity contribution < 1.29 is 14.0 Å². The minimum Gasteiger partial charge on any atom is -0.384 e. The zero-order chi connectivity index (χ0) is 26.1. The second-order valence-electron chi connectivity index (χ2n) is 9.17. The number of aromatic nitrogens is 1. The third kappa shape index (κ3) is 7.88. The summed E-state index contributed by atoms with van der Waals surface area (Å²) >= 11 is 0. The van der Waals surface area contributed by atoms with Crippen LogP contribution >= 0.6 is 0 Å². The lowest BCUT2D eigenvalue weighted by atomic mass is 10.0. The molecule has 0 unspecified atom stereocenters. The fourth-order valence-electron chi connectivity index (χ4n) is 3.81. The van der Waals surface area contributed by atoms with Gasteiger partial charge in [-0.2, -0.15) is 0 Å². The Bertz CT molecular complexity index is 1120. The largest absolute Gasteiger partial charge is 0.384 e. The molecule has 0 aliphatic carbocycles. The predicted octanol–water partition coefficient (Wildman–Crippen LogP) is 3.10. The monoisotopic (exact) mass is 491 g/mol. The minimum absolute atomic E-state index is 0.117.